The molecule has 1 unspecified atom stereocenters. The summed E-state index contributed by atoms with van der Waals surface area (Å²) in [5.41, 5.74) is 1.46. The average Bonchev–Trinajstić information content (AvgIpc) is 2.95. The van der Waals surface area contributed by atoms with E-state index in [9.17, 15) is 9.59 Å². The lowest BCUT2D eigenvalue weighted by molar-refractivity contribution is -0.128. The molecule has 0 bridgehead atoms. The lowest BCUT2D eigenvalue weighted by Gasteiger charge is -2.54. The predicted molar refractivity (Wildman–Crippen MR) is 86.3 cm³/mol. The van der Waals surface area contributed by atoms with E-state index in [1.54, 1.807) is 0 Å². The quantitative estimate of drug-likeness (QED) is 0.562. The summed E-state index contributed by atoms with van der Waals surface area (Å²) in [5, 5.41) is 0. The summed E-state index contributed by atoms with van der Waals surface area (Å²) in [6.07, 6.45) is 14.3. The van der Waals surface area contributed by atoms with Crippen LogP contribution in [0.25, 0.3) is 0 Å². The van der Waals surface area contributed by atoms with E-state index in [1.165, 1.54) is 51.4 Å². The fraction of sp³-hybridized carbons (Fsp3) is 0.800. The zero-order valence-corrected chi connectivity index (χ0v) is 13.7. The van der Waals surface area contributed by atoms with Gasteiger partial charge in [0.15, 0.2) is 6.29 Å². The number of rotatable bonds is 2. The predicted octanol–water partition coefficient (Wildman–Crippen LogP) is 4.33. The minimum atomic E-state index is -0.227. The minimum absolute atomic E-state index is 0.227. The van der Waals surface area contributed by atoms with E-state index in [1.807, 2.05) is 0 Å². The van der Waals surface area contributed by atoms with E-state index >= 15 is 0 Å². The number of carbonyl (C=O) groups excluding carboxylic acids is 2. The van der Waals surface area contributed by atoms with Crippen molar-refractivity contribution in [2.75, 3.05) is 0 Å². The molecule has 6 atom stereocenters. The number of Topliss-reactive ketones (excluding diaryl/α,β-unsaturated/α-hetero) is 1. The van der Waals surface area contributed by atoms with Crippen LogP contribution in [0.5, 0.6) is 0 Å². The Morgan fingerprint density at radius 1 is 1.14 bits per heavy atom. The maximum Gasteiger partial charge on any atom is 0.221 e. The second-order valence-corrected chi connectivity index (χ2v) is 8.60. The molecule has 3 fully saturated rings. The van der Waals surface area contributed by atoms with Gasteiger partial charge in [-0.25, -0.2) is 0 Å². The highest BCUT2D eigenvalue weighted by molar-refractivity contribution is 6.33. The van der Waals surface area contributed by atoms with Crippen LogP contribution < -0.4 is 0 Å². The molecular weight excluding hydrogens is 272 g/mol. The fourth-order valence-corrected chi connectivity index (χ4v) is 6.84. The highest BCUT2D eigenvalue weighted by atomic mass is 16.2. The highest BCUT2D eigenvalue weighted by Gasteiger charge is 2.54. The summed E-state index contributed by atoms with van der Waals surface area (Å²) in [6.45, 7) is 2.52. The number of allylic oxidation sites excluding steroid dienone is 2. The van der Waals surface area contributed by atoms with Crippen molar-refractivity contribution in [1.29, 1.82) is 0 Å². The van der Waals surface area contributed by atoms with Gasteiger partial charge in [-0.3, -0.25) is 9.59 Å². The Kier molecular flexibility index (Phi) is 3.54. The molecule has 0 aromatic heterocycles. The number of fused-ring (bicyclic) bond motifs is 5. The van der Waals surface area contributed by atoms with E-state index in [0.29, 0.717) is 29.5 Å². The van der Waals surface area contributed by atoms with Crippen molar-refractivity contribution in [1.82, 2.24) is 0 Å². The van der Waals surface area contributed by atoms with Crippen LogP contribution in [0.15, 0.2) is 11.6 Å². The molecule has 4 aliphatic carbocycles. The Morgan fingerprint density at radius 2 is 2.00 bits per heavy atom. The van der Waals surface area contributed by atoms with Crippen molar-refractivity contribution in [3.63, 3.8) is 0 Å². The van der Waals surface area contributed by atoms with Gasteiger partial charge < -0.3 is 0 Å². The Hall–Kier alpha value is -0.920. The SMILES string of the molecule is C[C@@]12CCC[C@H]1[C@@H]1CCC3CCC=C(C(=O)C=O)[C@H]3[C@H]1CC2. The van der Waals surface area contributed by atoms with Gasteiger partial charge in [0.2, 0.25) is 5.78 Å². The Balaban J connectivity index is 1.66. The normalized spacial score (nSPS) is 47.0. The largest absolute Gasteiger partial charge is 0.294 e. The maximum absolute atomic E-state index is 12.2. The molecule has 0 radical (unpaired) electrons. The zero-order chi connectivity index (χ0) is 15.3. The Labute approximate surface area is 133 Å². The summed E-state index contributed by atoms with van der Waals surface area (Å²) >= 11 is 0. The van der Waals surface area contributed by atoms with Crippen molar-refractivity contribution in [3.05, 3.63) is 11.6 Å². The van der Waals surface area contributed by atoms with Gasteiger partial charge in [-0.2, -0.15) is 0 Å². The second-order valence-electron chi connectivity index (χ2n) is 8.60. The first-order valence-corrected chi connectivity index (χ1v) is 9.33. The average molecular weight is 300 g/mol. The number of hydrogen-bond acceptors (Lipinski definition) is 2. The van der Waals surface area contributed by atoms with Gasteiger partial charge >= 0.3 is 0 Å². The second kappa shape index (κ2) is 5.32. The van der Waals surface area contributed by atoms with E-state index in [-0.39, 0.29) is 5.78 Å². The van der Waals surface area contributed by atoms with Gasteiger partial charge in [-0.05, 0) is 86.4 Å². The third-order valence-corrected chi connectivity index (χ3v) is 7.77. The maximum atomic E-state index is 12.2. The van der Waals surface area contributed by atoms with Gasteiger partial charge in [-0.1, -0.05) is 19.4 Å². The van der Waals surface area contributed by atoms with E-state index in [4.69, 9.17) is 0 Å². The van der Waals surface area contributed by atoms with Crippen LogP contribution in [0.4, 0.5) is 0 Å². The molecule has 0 aromatic carbocycles. The number of carbonyl (C=O) groups is 2. The van der Waals surface area contributed by atoms with Crippen molar-refractivity contribution in [2.24, 2.45) is 35.0 Å². The van der Waals surface area contributed by atoms with Crippen LogP contribution in [0.3, 0.4) is 0 Å². The van der Waals surface area contributed by atoms with Crippen LogP contribution >= 0.6 is 0 Å². The van der Waals surface area contributed by atoms with Gasteiger partial charge in [-0.15, -0.1) is 0 Å². The molecule has 0 amide bonds. The van der Waals surface area contributed by atoms with E-state index in [2.05, 4.69) is 13.0 Å². The monoisotopic (exact) mass is 300 g/mol. The zero-order valence-electron chi connectivity index (χ0n) is 13.7. The third kappa shape index (κ3) is 2.06. The molecule has 2 heteroatoms. The first kappa shape index (κ1) is 14.7. The molecule has 0 aromatic rings. The summed E-state index contributed by atoms with van der Waals surface area (Å²) in [5.74, 6) is 3.19. The van der Waals surface area contributed by atoms with Crippen molar-refractivity contribution < 1.29 is 9.59 Å². The lowest BCUT2D eigenvalue weighted by Crippen LogP contribution is -2.47. The lowest BCUT2D eigenvalue weighted by atomic mass is 9.50. The first-order chi connectivity index (χ1) is 10.6. The van der Waals surface area contributed by atoms with Crippen molar-refractivity contribution in [3.8, 4) is 0 Å². The third-order valence-electron chi connectivity index (χ3n) is 7.77. The molecule has 0 heterocycles. The summed E-state index contributed by atoms with van der Waals surface area (Å²) in [4.78, 5) is 23.2. The Bertz CT molecular complexity index is 520. The highest BCUT2D eigenvalue weighted by Crippen LogP contribution is 2.62. The molecule has 2 nitrogen and oxygen atoms in total. The van der Waals surface area contributed by atoms with Crippen LogP contribution in [-0.4, -0.2) is 12.1 Å². The standard InChI is InChI=1S/C20H28O2/c1-20-10-3-6-17(20)14-8-7-13-4-2-5-16(18(22)12-21)19(13)15(14)9-11-20/h5,12-15,17,19H,2-4,6-11H2,1H3/t13?,14-,15+,17+,19-,20+/m1/s1. The minimum Gasteiger partial charge on any atom is -0.294 e. The molecule has 3 saturated carbocycles. The topological polar surface area (TPSA) is 34.1 Å². The van der Waals surface area contributed by atoms with Crippen molar-refractivity contribution >= 4 is 12.1 Å². The first-order valence-electron chi connectivity index (χ1n) is 9.33. The molecular formula is C20H28O2. The number of aldehydes is 1. The summed E-state index contributed by atoms with van der Waals surface area (Å²) in [7, 11) is 0. The van der Waals surface area contributed by atoms with Crippen LogP contribution in [0.2, 0.25) is 0 Å². The molecule has 0 N–H and O–H groups in total. The van der Waals surface area contributed by atoms with Gasteiger partial charge in [0.1, 0.15) is 0 Å². The molecule has 4 aliphatic rings. The van der Waals surface area contributed by atoms with Crippen LogP contribution in [-0.2, 0) is 9.59 Å². The molecule has 120 valence electrons. The fourth-order valence-electron chi connectivity index (χ4n) is 6.84. The number of ketones is 1. The molecule has 0 spiro atoms. The molecule has 0 saturated heterocycles. The van der Waals surface area contributed by atoms with E-state index < -0.39 is 0 Å². The summed E-state index contributed by atoms with van der Waals surface area (Å²) < 4.78 is 0. The van der Waals surface area contributed by atoms with E-state index in [0.717, 1.165) is 23.8 Å². The molecule has 22 heavy (non-hydrogen) atoms. The summed E-state index contributed by atoms with van der Waals surface area (Å²) in [6, 6.07) is 0. The van der Waals surface area contributed by atoms with Crippen LogP contribution in [0.1, 0.15) is 64.7 Å². The van der Waals surface area contributed by atoms with Gasteiger partial charge in [0, 0.05) is 5.57 Å². The van der Waals surface area contributed by atoms with Gasteiger partial charge in [0.25, 0.3) is 0 Å². The van der Waals surface area contributed by atoms with Crippen LogP contribution in [0, 0.1) is 35.0 Å². The molecule has 4 rings (SSSR count). The smallest absolute Gasteiger partial charge is 0.221 e. The number of hydrogen-bond donors (Lipinski definition) is 0. The van der Waals surface area contributed by atoms with Gasteiger partial charge in [0.05, 0.1) is 0 Å². The van der Waals surface area contributed by atoms with Crippen molar-refractivity contribution in [2.45, 2.75) is 64.7 Å². The molecule has 0 aliphatic heterocycles. The Morgan fingerprint density at radius 3 is 2.82 bits per heavy atom.